The van der Waals surface area contributed by atoms with E-state index in [0.29, 0.717) is 30.3 Å². The van der Waals surface area contributed by atoms with E-state index in [0.717, 1.165) is 21.9 Å². The zero-order valence-corrected chi connectivity index (χ0v) is 14.1. The van der Waals surface area contributed by atoms with Gasteiger partial charge < -0.3 is 14.2 Å². The predicted octanol–water partition coefficient (Wildman–Crippen LogP) is 4.29. The predicted molar refractivity (Wildman–Crippen MR) is 89.6 cm³/mol. The van der Waals surface area contributed by atoms with E-state index in [1.54, 1.807) is 25.3 Å². The molecular formula is C18H18ClNO3. The molecule has 0 atom stereocenters. The van der Waals surface area contributed by atoms with Crippen LogP contribution >= 0.6 is 11.6 Å². The number of aryl methyl sites for hydroxylation is 2. The Bertz CT molecular complexity index is 715. The molecule has 0 aliphatic heterocycles. The van der Waals surface area contributed by atoms with Crippen LogP contribution in [0.4, 0.5) is 0 Å². The Balaban J connectivity index is 1.94. The molecule has 0 aliphatic rings. The smallest absolute Gasteiger partial charge is 0.162 e. The highest BCUT2D eigenvalue weighted by Crippen LogP contribution is 2.28. The lowest BCUT2D eigenvalue weighted by molar-refractivity contribution is 0.211. The highest BCUT2D eigenvalue weighted by molar-refractivity contribution is 6.32. The monoisotopic (exact) mass is 331 g/mol. The zero-order valence-electron chi connectivity index (χ0n) is 13.4. The number of methoxy groups -OCH3 is 1. The van der Waals surface area contributed by atoms with E-state index in [-0.39, 0.29) is 0 Å². The van der Waals surface area contributed by atoms with Crippen LogP contribution in [0.2, 0.25) is 5.02 Å². The SMILES string of the molecule is COc1ccc(C#N)cc1OCCOc1cc(C)c(Cl)c(C)c1. The lowest BCUT2D eigenvalue weighted by Crippen LogP contribution is -2.10. The van der Waals surface area contributed by atoms with Gasteiger partial charge in [0.15, 0.2) is 11.5 Å². The van der Waals surface area contributed by atoms with E-state index in [1.165, 1.54) is 0 Å². The van der Waals surface area contributed by atoms with Gasteiger partial charge in [0.2, 0.25) is 0 Å². The Labute approximate surface area is 141 Å². The second-order valence-corrected chi connectivity index (χ2v) is 5.42. The Morgan fingerprint density at radius 3 is 2.26 bits per heavy atom. The van der Waals surface area contributed by atoms with Gasteiger partial charge in [-0.1, -0.05) is 11.6 Å². The van der Waals surface area contributed by atoms with Gasteiger partial charge in [0.1, 0.15) is 19.0 Å². The first kappa shape index (κ1) is 17.0. The molecule has 0 radical (unpaired) electrons. The van der Waals surface area contributed by atoms with Crippen LogP contribution in [0.3, 0.4) is 0 Å². The second-order valence-electron chi connectivity index (χ2n) is 5.05. The standard InChI is InChI=1S/C18H18ClNO3/c1-12-8-15(9-13(2)18(12)19)22-6-7-23-17-10-14(11-20)4-5-16(17)21-3/h4-5,8-10H,6-7H2,1-3H3. The highest BCUT2D eigenvalue weighted by atomic mass is 35.5. The lowest BCUT2D eigenvalue weighted by Gasteiger charge is -2.13. The molecule has 5 heteroatoms. The third-order valence-corrected chi connectivity index (χ3v) is 3.91. The van der Waals surface area contributed by atoms with E-state index >= 15 is 0 Å². The average molecular weight is 332 g/mol. The van der Waals surface area contributed by atoms with Crippen LogP contribution in [-0.2, 0) is 0 Å². The minimum atomic E-state index is 0.339. The maximum Gasteiger partial charge on any atom is 0.162 e. The van der Waals surface area contributed by atoms with Crippen molar-refractivity contribution in [3.63, 3.8) is 0 Å². The Morgan fingerprint density at radius 2 is 1.65 bits per heavy atom. The first-order valence-corrected chi connectivity index (χ1v) is 7.53. The van der Waals surface area contributed by atoms with Crippen LogP contribution in [0, 0.1) is 25.2 Å². The first-order valence-electron chi connectivity index (χ1n) is 7.15. The van der Waals surface area contributed by atoms with E-state index in [2.05, 4.69) is 6.07 Å². The van der Waals surface area contributed by atoms with Crippen LogP contribution in [-0.4, -0.2) is 20.3 Å². The van der Waals surface area contributed by atoms with E-state index in [9.17, 15) is 0 Å². The normalized spacial score (nSPS) is 10.0. The summed E-state index contributed by atoms with van der Waals surface area (Å²) in [6.45, 7) is 4.60. The number of rotatable bonds is 6. The summed E-state index contributed by atoms with van der Waals surface area (Å²) in [5.74, 6) is 1.87. The Hall–Kier alpha value is -2.38. The molecule has 0 aliphatic carbocycles. The maximum absolute atomic E-state index is 8.94. The highest BCUT2D eigenvalue weighted by Gasteiger charge is 2.07. The van der Waals surface area contributed by atoms with Gasteiger partial charge in [-0.25, -0.2) is 0 Å². The molecule has 0 aromatic heterocycles. The molecule has 0 unspecified atom stereocenters. The van der Waals surface area contributed by atoms with Gasteiger partial charge in [0.05, 0.1) is 18.7 Å². The first-order chi connectivity index (χ1) is 11.0. The minimum absolute atomic E-state index is 0.339. The molecule has 2 rings (SSSR count). The van der Waals surface area contributed by atoms with Crippen molar-refractivity contribution >= 4 is 11.6 Å². The quantitative estimate of drug-likeness (QED) is 0.741. The fraction of sp³-hybridized carbons (Fsp3) is 0.278. The van der Waals surface area contributed by atoms with Gasteiger partial charge in [0, 0.05) is 11.1 Å². The van der Waals surface area contributed by atoms with Crippen molar-refractivity contribution < 1.29 is 14.2 Å². The summed E-state index contributed by atoms with van der Waals surface area (Å²) in [6, 6.07) is 10.9. The molecule has 0 spiro atoms. The van der Waals surface area contributed by atoms with Crippen LogP contribution < -0.4 is 14.2 Å². The summed E-state index contributed by atoms with van der Waals surface area (Å²) < 4.78 is 16.5. The third-order valence-electron chi connectivity index (χ3n) is 3.31. The largest absolute Gasteiger partial charge is 0.493 e. The fourth-order valence-electron chi connectivity index (χ4n) is 2.16. The van der Waals surface area contributed by atoms with Crippen molar-refractivity contribution in [2.75, 3.05) is 20.3 Å². The van der Waals surface area contributed by atoms with E-state index in [4.69, 9.17) is 31.1 Å². The zero-order chi connectivity index (χ0) is 16.8. The molecule has 23 heavy (non-hydrogen) atoms. The molecule has 120 valence electrons. The van der Waals surface area contributed by atoms with Crippen LogP contribution in [0.1, 0.15) is 16.7 Å². The van der Waals surface area contributed by atoms with Gasteiger partial charge in [-0.05, 0) is 49.2 Å². The minimum Gasteiger partial charge on any atom is -0.493 e. The summed E-state index contributed by atoms with van der Waals surface area (Å²) in [5, 5.41) is 9.69. The van der Waals surface area contributed by atoms with Crippen LogP contribution in [0.5, 0.6) is 17.2 Å². The number of halogens is 1. The van der Waals surface area contributed by atoms with Crippen molar-refractivity contribution in [2.45, 2.75) is 13.8 Å². The Kier molecular flexibility index (Phi) is 5.72. The molecule has 2 aromatic rings. The number of nitrogens with zero attached hydrogens (tertiary/aromatic N) is 1. The number of ether oxygens (including phenoxy) is 3. The molecule has 0 heterocycles. The molecule has 0 amide bonds. The molecule has 2 aromatic carbocycles. The van der Waals surface area contributed by atoms with Crippen molar-refractivity contribution in [3.05, 3.63) is 52.0 Å². The molecule has 0 fully saturated rings. The van der Waals surface area contributed by atoms with E-state index in [1.807, 2.05) is 26.0 Å². The van der Waals surface area contributed by atoms with E-state index < -0.39 is 0 Å². The van der Waals surface area contributed by atoms with Crippen molar-refractivity contribution in [2.24, 2.45) is 0 Å². The lowest BCUT2D eigenvalue weighted by atomic mass is 10.1. The second kappa shape index (κ2) is 7.75. The van der Waals surface area contributed by atoms with Gasteiger partial charge >= 0.3 is 0 Å². The Morgan fingerprint density at radius 1 is 1.00 bits per heavy atom. The number of hydrogen-bond donors (Lipinski definition) is 0. The molecule has 4 nitrogen and oxygen atoms in total. The maximum atomic E-state index is 8.94. The van der Waals surface area contributed by atoms with Gasteiger partial charge in [0.25, 0.3) is 0 Å². The topological polar surface area (TPSA) is 51.5 Å². The summed E-state index contributed by atoms with van der Waals surface area (Å²) >= 11 is 6.13. The molecule has 0 bridgehead atoms. The van der Waals surface area contributed by atoms with Crippen LogP contribution in [0.25, 0.3) is 0 Å². The van der Waals surface area contributed by atoms with Crippen LogP contribution in [0.15, 0.2) is 30.3 Å². The molecule has 0 saturated carbocycles. The van der Waals surface area contributed by atoms with Gasteiger partial charge in [-0.2, -0.15) is 5.26 Å². The third kappa shape index (κ3) is 4.30. The number of nitriles is 1. The summed E-state index contributed by atoms with van der Waals surface area (Å²) in [7, 11) is 1.56. The summed E-state index contributed by atoms with van der Waals surface area (Å²) in [6.07, 6.45) is 0. The van der Waals surface area contributed by atoms with Crippen molar-refractivity contribution in [1.82, 2.24) is 0 Å². The molecule has 0 N–H and O–H groups in total. The van der Waals surface area contributed by atoms with Gasteiger partial charge in [-0.3, -0.25) is 0 Å². The fourth-order valence-corrected chi connectivity index (χ4v) is 2.27. The van der Waals surface area contributed by atoms with Gasteiger partial charge in [-0.15, -0.1) is 0 Å². The number of hydrogen-bond acceptors (Lipinski definition) is 4. The molecular weight excluding hydrogens is 314 g/mol. The average Bonchev–Trinajstić information content (AvgIpc) is 2.56. The van der Waals surface area contributed by atoms with Crippen molar-refractivity contribution in [3.8, 4) is 23.3 Å². The van der Waals surface area contributed by atoms with Crippen molar-refractivity contribution in [1.29, 1.82) is 5.26 Å². The summed E-state index contributed by atoms with van der Waals surface area (Å²) in [5.41, 5.74) is 2.47. The molecule has 0 saturated heterocycles. The summed E-state index contributed by atoms with van der Waals surface area (Å²) in [4.78, 5) is 0. The number of benzene rings is 2.